The van der Waals surface area contributed by atoms with E-state index in [4.69, 9.17) is 5.26 Å². The molecule has 0 aromatic heterocycles. The Hall–Kier alpha value is -0.680. The molecule has 0 spiro atoms. The fraction of sp³-hybridized carbons (Fsp3) is 0.545. The molecule has 0 N–H and O–H groups in total. The number of nitrogens with zero attached hydrogens (tertiary/aromatic N) is 1. The predicted molar refractivity (Wildman–Crippen MR) is 60.5 cm³/mol. The van der Waals surface area contributed by atoms with Gasteiger partial charge in [-0.3, -0.25) is 0 Å². The van der Waals surface area contributed by atoms with Crippen molar-refractivity contribution in [1.82, 2.24) is 0 Å². The highest BCUT2D eigenvalue weighted by Gasteiger charge is 1.88. The summed E-state index contributed by atoms with van der Waals surface area (Å²) in [5, 5.41) is 10.4. The minimum absolute atomic E-state index is 0.817. The molecule has 2 heteroatoms. The third kappa shape index (κ3) is 9.23. The summed E-state index contributed by atoms with van der Waals surface area (Å²) in [5.41, 5.74) is 2.75. The van der Waals surface area contributed by atoms with Crippen molar-refractivity contribution in [2.75, 3.05) is 5.75 Å². The third-order valence-corrected chi connectivity index (χ3v) is 2.13. The summed E-state index contributed by atoms with van der Waals surface area (Å²) in [7, 11) is 0. The number of hydrogen-bond donors (Lipinski definition) is 0. The first-order valence-corrected chi connectivity index (χ1v) is 5.45. The number of thioether (sulfide) groups is 1. The van der Waals surface area contributed by atoms with Crippen LogP contribution in [0, 0.1) is 10.7 Å². The van der Waals surface area contributed by atoms with Crippen molar-refractivity contribution in [1.29, 1.82) is 5.26 Å². The molecular weight excluding hydrogens is 178 g/mol. The largest absolute Gasteiger partial charge is 0.185 e. The smallest absolute Gasteiger partial charge is 0.133 e. The van der Waals surface area contributed by atoms with Crippen LogP contribution in [-0.4, -0.2) is 5.75 Å². The SMILES string of the molecule is CC(C)=CCC/C(C)=C/CSC#N. The van der Waals surface area contributed by atoms with E-state index in [2.05, 4.69) is 38.3 Å². The second-order valence-electron chi connectivity index (χ2n) is 3.27. The van der Waals surface area contributed by atoms with Gasteiger partial charge >= 0.3 is 0 Å². The van der Waals surface area contributed by atoms with Crippen molar-refractivity contribution < 1.29 is 0 Å². The Morgan fingerprint density at radius 2 is 2.00 bits per heavy atom. The molecule has 0 saturated heterocycles. The van der Waals surface area contributed by atoms with Gasteiger partial charge in [0.05, 0.1) is 0 Å². The average molecular weight is 195 g/mol. The molecule has 0 heterocycles. The zero-order valence-electron chi connectivity index (χ0n) is 8.63. The van der Waals surface area contributed by atoms with Crippen LogP contribution in [0.25, 0.3) is 0 Å². The predicted octanol–water partition coefficient (Wildman–Crippen LogP) is 3.89. The summed E-state index contributed by atoms with van der Waals surface area (Å²) < 4.78 is 0. The van der Waals surface area contributed by atoms with Crippen LogP contribution in [0.5, 0.6) is 0 Å². The quantitative estimate of drug-likeness (QED) is 0.377. The lowest BCUT2D eigenvalue weighted by Gasteiger charge is -1.97. The van der Waals surface area contributed by atoms with E-state index < -0.39 is 0 Å². The molecule has 0 aromatic carbocycles. The van der Waals surface area contributed by atoms with Gasteiger partial charge in [-0.25, -0.2) is 0 Å². The molecule has 0 amide bonds. The third-order valence-electron chi connectivity index (χ3n) is 1.67. The lowest BCUT2D eigenvalue weighted by Crippen LogP contribution is -1.78. The van der Waals surface area contributed by atoms with E-state index in [1.54, 1.807) is 0 Å². The van der Waals surface area contributed by atoms with E-state index in [9.17, 15) is 0 Å². The van der Waals surface area contributed by atoms with Crippen molar-refractivity contribution in [2.24, 2.45) is 0 Å². The minimum atomic E-state index is 0.817. The van der Waals surface area contributed by atoms with E-state index in [1.807, 2.05) is 0 Å². The normalized spacial score (nSPS) is 10.8. The first-order valence-electron chi connectivity index (χ1n) is 4.46. The molecule has 1 nitrogen and oxygen atoms in total. The lowest BCUT2D eigenvalue weighted by atomic mass is 10.1. The van der Waals surface area contributed by atoms with E-state index >= 15 is 0 Å². The van der Waals surface area contributed by atoms with Crippen molar-refractivity contribution in [3.63, 3.8) is 0 Å². The van der Waals surface area contributed by atoms with Gasteiger partial charge in [-0.2, -0.15) is 5.26 Å². The first-order chi connectivity index (χ1) is 6.16. The first kappa shape index (κ1) is 12.3. The monoisotopic (exact) mass is 195 g/mol. The van der Waals surface area contributed by atoms with Gasteiger partial charge < -0.3 is 0 Å². The van der Waals surface area contributed by atoms with E-state index in [0.717, 1.165) is 18.6 Å². The standard InChI is InChI=1S/C11H17NS/c1-10(2)5-4-6-11(3)7-8-13-9-12/h5,7H,4,6,8H2,1-3H3/b11-7+. The molecule has 0 aromatic rings. The maximum Gasteiger partial charge on any atom is 0.133 e. The molecule has 72 valence electrons. The Balaban J connectivity index is 3.62. The second kappa shape index (κ2) is 7.94. The average Bonchev–Trinajstić information content (AvgIpc) is 2.04. The summed E-state index contributed by atoms with van der Waals surface area (Å²) in [6.45, 7) is 6.35. The summed E-state index contributed by atoms with van der Waals surface area (Å²) in [5.74, 6) is 0.817. The lowest BCUT2D eigenvalue weighted by molar-refractivity contribution is 0.964. The number of thiocyanates is 1. The molecule has 0 atom stereocenters. The van der Waals surface area contributed by atoms with Gasteiger partial charge in [0.15, 0.2) is 0 Å². The molecule has 0 aliphatic rings. The fourth-order valence-corrected chi connectivity index (χ4v) is 1.35. The molecule has 0 aliphatic carbocycles. The highest BCUT2D eigenvalue weighted by Crippen LogP contribution is 2.08. The molecule has 0 aliphatic heterocycles. The number of allylic oxidation sites excluding steroid dienone is 3. The molecule has 0 rings (SSSR count). The Kier molecular flexibility index (Phi) is 7.53. The number of nitriles is 1. The van der Waals surface area contributed by atoms with Crippen LogP contribution >= 0.6 is 11.8 Å². The highest BCUT2D eigenvalue weighted by atomic mass is 32.2. The second-order valence-corrected chi connectivity index (χ2v) is 4.08. The zero-order chi connectivity index (χ0) is 10.1. The van der Waals surface area contributed by atoms with Gasteiger partial charge in [-0.1, -0.05) is 23.3 Å². The van der Waals surface area contributed by atoms with Crippen LogP contribution in [-0.2, 0) is 0 Å². The van der Waals surface area contributed by atoms with Crippen LogP contribution in [0.2, 0.25) is 0 Å². The van der Waals surface area contributed by atoms with Crippen molar-refractivity contribution in [2.45, 2.75) is 33.6 Å². The van der Waals surface area contributed by atoms with E-state index in [1.165, 1.54) is 22.9 Å². The Morgan fingerprint density at radius 1 is 1.31 bits per heavy atom. The minimum Gasteiger partial charge on any atom is -0.185 e. The number of rotatable bonds is 5. The maximum atomic E-state index is 8.30. The Bertz CT molecular complexity index is 229. The van der Waals surface area contributed by atoms with Gasteiger partial charge in [0.1, 0.15) is 5.40 Å². The van der Waals surface area contributed by atoms with E-state index in [0.29, 0.717) is 0 Å². The van der Waals surface area contributed by atoms with Crippen LogP contribution in [0.1, 0.15) is 33.6 Å². The summed E-state index contributed by atoms with van der Waals surface area (Å²) in [6, 6.07) is 0. The van der Waals surface area contributed by atoms with E-state index in [-0.39, 0.29) is 0 Å². The van der Waals surface area contributed by atoms with Gasteiger partial charge in [0.25, 0.3) is 0 Å². The molecular formula is C11H17NS. The maximum absolute atomic E-state index is 8.30. The van der Waals surface area contributed by atoms with Gasteiger partial charge in [0.2, 0.25) is 0 Å². The van der Waals surface area contributed by atoms with Crippen LogP contribution in [0.3, 0.4) is 0 Å². The van der Waals surface area contributed by atoms with Crippen molar-refractivity contribution in [3.8, 4) is 5.40 Å². The fourth-order valence-electron chi connectivity index (χ4n) is 0.912. The molecule has 0 bridgehead atoms. The molecule has 0 saturated carbocycles. The molecule has 0 radical (unpaired) electrons. The highest BCUT2D eigenvalue weighted by molar-refractivity contribution is 8.03. The van der Waals surface area contributed by atoms with Gasteiger partial charge in [0, 0.05) is 5.75 Å². The van der Waals surface area contributed by atoms with Crippen LogP contribution in [0.4, 0.5) is 0 Å². The van der Waals surface area contributed by atoms with Crippen molar-refractivity contribution >= 4 is 11.8 Å². The van der Waals surface area contributed by atoms with Gasteiger partial charge in [-0.05, 0) is 45.4 Å². The Morgan fingerprint density at radius 3 is 2.54 bits per heavy atom. The summed E-state index contributed by atoms with van der Waals surface area (Å²) in [6.07, 6.45) is 6.60. The van der Waals surface area contributed by atoms with Gasteiger partial charge in [-0.15, -0.1) is 0 Å². The van der Waals surface area contributed by atoms with Crippen molar-refractivity contribution in [3.05, 3.63) is 23.3 Å². The summed E-state index contributed by atoms with van der Waals surface area (Å²) in [4.78, 5) is 0. The number of hydrogen-bond acceptors (Lipinski definition) is 2. The van der Waals surface area contributed by atoms with Crippen LogP contribution in [0.15, 0.2) is 23.3 Å². The molecule has 0 fully saturated rings. The molecule has 0 unspecified atom stereocenters. The molecule has 13 heavy (non-hydrogen) atoms. The Labute approximate surface area is 85.5 Å². The van der Waals surface area contributed by atoms with Crippen LogP contribution < -0.4 is 0 Å². The topological polar surface area (TPSA) is 23.8 Å². The zero-order valence-corrected chi connectivity index (χ0v) is 9.45. The summed E-state index contributed by atoms with van der Waals surface area (Å²) >= 11 is 1.29.